The molecule has 4 N–H and O–H groups in total. The first-order chi connectivity index (χ1) is 22.5. The number of methoxy groups -OCH3 is 1. The van der Waals surface area contributed by atoms with Crippen molar-refractivity contribution in [2.75, 3.05) is 7.11 Å². The number of carbonyl (C=O) groups excluding carboxylic acids is 4. The minimum atomic E-state index is -5.25. The van der Waals surface area contributed by atoms with Gasteiger partial charge in [0, 0.05) is 29.3 Å². The minimum absolute atomic E-state index is 0.110. The van der Waals surface area contributed by atoms with Gasteiger partial charge in [-0.3, -0.25) is 28.8 Å². The summed E-state index contributed by atoms with van der Waals surface area (Å²) in [6.45, 7) is 1.97. The normalized spacial score (nSPS) is 13.2. The SMILES string of the molecule is COc1ccc(C(NC(=O)C(Cc2cccc(Cl)c2)NC(=O)c2ccn(CC(=O)O)c(=O)c2)C(=O)N[C@H](C(=O)C(F)(F)F)C(C)C)cc1. The Morgan fingerprint density at radius 3 is 2.15 bits per heavy atom. The summed E-state index contributed by atoms with van der Waals surface area (Å²) in [6.07, 6.45) is -4.34. The molecule has 0 spiro atoms. The molecule has 0 aliphatic rings. The Labute approximate surface area is 277 Å². The second kappa shape index (κ2) is 16.1. The van der Waals surface area contributed by atoms with Gasteiger partial charge in [-0.25, -0.2) is 0 Å². The molecule has 3 amide bonds. The van der Waals surface area contributed by atoms with E-state index < -0.39 is 71.8 Å². The van der Waals surface area contributed by atoms with Gasteiger partial charge in [0.1, 0.15) is 24.4 Å². The number of amides is 3. The van der Waals surface area contributed by atoms with Gasteiger partial charge < -0.3 is 30.4 Å². The van der Waals surface area contributed by atoms with Gasteiger partial charge in [0.05, 0.1) is 13.2 Å². The van der Waals surface area contributed by atoms with Crippen LogP contribution in [0.2, 0.25) is 5.02 Å². The minimum Gasteiger partial charge on any atom is -0.497 e. The number of hydrogen-bond acceptors (Lipinski definition) is 7. The molecule has 2 unspecified atom stereocenters. The fourth-order valence-corrected chi connectivity index (χ4v) is 4.78. The number of hydrogen-bond donors (Lipinski definition) is 4. The summed E-state index contributed by atoms with van der Waals surface area (Å²) in [5.41, 5.74) is -0.426. The topological polar surface area (TPSA) is 173 Å². The zero-order chi connectivity index (χ0) is 35.8. The largest absolute Gasteiger partial charge is 0.497 e. The van der Waals surface area contributed by atoms with Crippen LogP contribution in [0.15, 0.2) is 71.7 Å². The van der Waals surface area contributed by atoms with Crippen molar-refractivity contribution in [1.29, 1.82) is 0 Å². The van der Waals surface area contributed by atoms with Crippen LogP contribution in [-0.2, 0) is 32.1 Å². The van der Waals surface area contributed by atoms with Gasteiger partial charge in [-0.05, 0) is 47.4 Å². The molecule has 3 aromatic rings. The number of alkyl halides is 3. The van der Waals surface area contributed by atoms with E-state index in [4.69, 9.17) is 21.4 Å². The third-order valence-electron chi connectivity index (χ3n) is 7.04. The van der Waals surface area contributed by atoms with Gasteiger partial charge >= 0.3 is 12.1 Å². The van der Waals surface area contributed by atoms with Gasteiger partial charge in [0.15, 0.2) is 0 Å². The average molecular weight is 693 g/mol. The van der Waals surface area contributed by atoms with E-state index in [1.54, 1.807) is 18.2 Å². The number of carboxylic acid groups (broad SMARTS) is 1. The molecule has 16 heteroatoms. The van der Waals surface area contributed by atoms with Crippen molar-refractivity contribution >= 4 is 41.1 Å². The molecule has 0 saturated carbocycles. The molecule has 1 aromatic heterocycles. The number of halogens is 4. The van der Waals surface area contributed by atoms with Crippen LogP contribution in [-0.4, -0.2) is 64.5 Å². The number of nitrogens with zero attached hydrogens (tertiary/aromatic N) is 1. The number of ketones is 1. The maximum atomic E-state index is 13.8. The van der Waals surface area contributed by atoms with Crippen molar-refractivity contribution in [1.82, 2.24) is 20.5 Å². The summed E-state index contributed by atoms with van der Waals surface area (Å²) in [4.78, 5) is 76.1. The van der Waals surface area contributed by atoms with E-state index in [-0.39, 0.29) is 17.5 Å². The lowest BCUT2D eigenvalue weighted by Crippen LogP contribution is -2.55. The fraction of sp³-hybridized carbons (Fsp3) is 0.312. The van der Waals surface area contributed by atoms with Crippen molar-refractivity contribution in [2.24, 2.45) is 5.92 Å². The molecule has 256 valence electrons. The lowest BCUT2D eigenvalue weighted by Gasteiger charge is -2.27. The fourth-order valence-electron chi connectivity index (χ4n) is 4.56. The highest BCUT2D eigenvalue weighted by Crippen LogP contribution is 2.23. The van der Waals surface area contributed by atoms with Crippen molar-refractivity contribution in [3.05, 3.63) is 98.9 Å². The van der Waals surface area contributed by atoms with E-state index in [0.717, 1.165) is 16.8 Å². The maximum Gasteiger partial charge on any atom is 0.452 e. The number of carbonyl (C=O) groups is 5. The van der Waals surface area contributed by atoms with E-state index >= 15 is 0 Å². The first-order valence-corrected chi connectivity index (χ1v) is 14.7. The zero-order valence-corrected chi connectivity index (χ0v) is 26.6. The Bertz CT molecular complexity index is 1730. The zero-order valence-electron chi connectivity index (χ0n) is 25.8. The summed E-state index contributed by atoms with van der Waals surface area (Å²) in [5.74, 6) is -7.07. The van der Waals surface area contributed by atoms with Crippen LogP contribution in [0.3, 0.4) is 0 Å². The number of ether oxygens (including phenoxy) is 1. The third kappa shape index (κ3) is 10.2. The van der Waals surface area contributed by atoms with Crippen LogP contribution in [0.5, 0.6) is 5.75 Å². The number of benzene rings is 2. The smallest absolute Gasteiger partial charge is 0.452 e. The Kier molecular flexibility index (Phi) is 12.5. The number of aromatic nitrogens is 1. The monoisotopic (exact) mass is 692 g/mol. The molecule has 2 aromatic carbocycles. The van der Waals surface area contributed by atoms with Crippen molar-refractivity contribution < 1.29 is 47.0 Å². The highest BCUT2D eigenvalue weighted by molar-refractivity contribution is 6.30. The number of rotatable bonds is 14. The molecule has 3 rings (SSSR count). The molecule has 48 heavy (non-hydrogen) atoms. The quantitative estimate of drug-likeness (QED) is 0.200. The van der Waals surface area contributed by atoms with E-state index in [1.807, 2.05) is 0 Å². The first kappa shape index (κ1) is 37.3. The number of pyridine rings is 1. The maximum absolute atomic E-state index is 13.8. The third-order valence-corrected chi connectivity index (χ3v) is 7.27. The molecule has 0 radical (unpaired) electrons. The van der Waals surface area contributed by atoms with Crippen LogP contribution in [0.25, 0.3) is 0 Å². The Hall–Kier alpha value is -5.18. The molecule has 0 bridgehead atoms. The highest BCUT2D eigenvalue weighted by atomic mass is 35.5. The lowest BCUT2D eigenvalue weighted by molar-refractivity contribution is -0.175. The summed E-state index contributed by atoms with van der Waals surface area (Å²) < 4.78 is 46.0. The standard InChI is InChI=1S/C32H32ClF3N4O8/c1-17(2)26(28(44)32(34,35)36)38-31(47)27(19-7-9-22(48-3)10-8-19)39-30(46)23(14-18-5-4-6-21(33)13-18)37-29(45)20-11-12-40(16-25(42)43)24(41)15-20/h4-13,15,17,23,26-27H,14,16H2,1-3H3,(H,37,45)(H,38,47)(H,39,46)(H,42,43)/t23?,26-,27?/m0/s1. The van der Waals surface area contributed by atoms with Crippen LogP contribution < -0.4 is 26.2 Å². The summed E-state index contributed by atoms with van der Waals surface area (Å²) in [5, 5.41) is 16.3. The van der Waals surface area contributed by atoms with E-state index in [1.165, 1.54) is 57.4 Å². The van der Waals surface area contributed by atoms with Crippen molar-refractivity contribution in [3.63, 3.8) is 0 Å². The van der Waals surface area contributed by atoms with Gasteiger partial charge in [0.2, 0.25) is 11.8 Å². The predicted molar refractivity (Wildman–Crippen MR) is 166 cm³/mol. The van der Waals surface area contributed by atoms with E-state index in [0.29, 0.717) is 16.3 Å². The molecule has 0 aliphatic carbocycles. The van der Waals surface area contributed by atoms with Gasteiger partial charge in [0.25, 0.3) is 17.2 Å². The van der Waals surface area contributed by atoms with Gasteiger partial charge in [-0.15, -0.1) is 0 Å². The number of nitrogens with one attached hydrogen (secondary N) is 3. The molecule has 0 saturated heterocycles. The van der Waals surface area contributed by atoms with Crippen molar-refractivity contribution in [2.45, 2.75) is 51.1 Å². The van der Waals surface area contributed by atoms with Crippen molar-refractivity contribution in [3.8, 4) is 5.75 Å². The molecule has 12 nitrogen and oxygen atoms in total. The van der Waals surface area contributed by atoms with Gasteiger partial charge in [-0.1, -0.05) is 49.7 Å². The summed E-state index contributed by atoms with van der Waals surface area (Å²) >= 11 is 6.10. The number of aliphatic carboxylic acids is 1. The molecule has 0 fully saturated rings. The highest BCUT2D eigenvalue weighted by Gasteiger charge is 2.45. The number of Topliss-reactive ketones (excluding diaryl/α,β-unsaturated/α-hetero) is 1. The Balaban J connectivity index is 1.99. The number of carboxylic acids is 1. The predicted octanol–water partition coefficient (Wildman–Crippen LogP) is 3.07. The molecule has 0 aliphatic heterocycles. The van der Waals surface area contributed by atoms with Gasteiger partial charge in [-0.2, -0.15) is 13.2 Å². The Morgan fingerprint density at radius 1 is 0.938 bits per heavy atom. The second-order valence-electron chi connectivity index (χ2n) is 10.9. The van der Waals surface area contributed by atoms with E-state index in [9.17, 15) is 41.9 Å². The van der Waals surface area contributed by atoms with Crippen LogP contribution >= 0.6 is 11.6 Å². The van der Waals surface area contributed by atoms with Crippen LogP contribution in [0.4, 0.5) is 13.2 Å². The first-order valence-electron chi connectivity index (χ1n) is 14.3. The lowest BCUT2D eigenvalue weighted by atomic mass is 9.97. The van der Waals surface area contributed by atoms with Crippen LogP contribution in [0.1, 0.15) is 41.4 Å². The molecule has 3 atom stereocenters. The summed E-state index contributed by atoms with van der Waals surface area (Å²) in [7, 11) is 1.38. The van der Waals surface area contributed by atoms with E-state index in [2.05, 4.69) is 16.0 Å². The summed E-state index contributed by atoms with van der Waals surface area (Å²) in [6, 6.07) is 8.94. The molecular weight excluding hydrogens is 661 g/mol. The average Bonchev–Trinajstić information content (AvgIpc) is 3.01. The molecule has 1 heterocycles. The Morgan fingerprint density at radius 2 is 1.60 bits per heavy atom. The van der Waals surface area contributed by atoms with Crippen LogP contribution in [0, 0.1) is 5.92 Å². The second-order valence-corrected chi connectivity index (χ2v) is 11.4. The molecular formula is C32H32ClF3N4O8.